The quantitative estimate of drug-likeness (QED) is 0.768. The Bertz CT molecular complexity index is 556. The smallest absolute Gasteiger partial charge is 0.111 e. The summed E-state index contributed by atoms with van der Waals surface area (Å²) in [5, 5.41) is 0. The van der Waals surface area contributed by atoms with Crippen molar-refractivity contribution in [1.29, 1.82) is 0 Å². The van der Waals surface area contributed by atoms with Gasteiger partial charge < -0.3 is 4.74 Å². The van der Waals surface area contributed by atoms with E-state index in [-0.39, 0.29) is 11.9 Å². The lowest BCUT2D eigenvalue weighted by atomic mass is 9.95. The Labute approximate surface area is 125 Å². The zero-order valence-corrected chi connectivity index (χ0v) is 12.0. The molecule has 0 N–H and O–H groups in total. The lowest BCUT2D eigenvalue weighted by molar-refractivity contribution is 0.107. The third kappa shape index (κ3) is 3.40. The van der Waals surface area contributed by atoms with Crippen molar-refractivity contribution in [3.63, 3.8) is 0 Å². The van der Waals surface area contributed by atoms with Crippen molar-refractivity contribution in [3.8, 4) is 0 Å². The fraction of sp³-hybridized carbons (Fsp3) is 0.263. The molecule has 1 heterocycles. The fourth-order valence-corrected chi connectivity index (χ4v) is 2.80. The third-order valence-electron chi connectivity index (χ3n) is 3.83. The lowest BCUT2D eigenvalue weighted by Gasteiger charge is -2.13. The van der Waals surface area contributed by atoms with Crippen LogP contribution in [0.5, 0.6) is 0 Å². The van der Waals surface area contributed by atoms with E-state index in [2.05, 4.69) is 0 Å². The summed E-state index contributed by atoms with van der Waals surface area (Å²) in [4.78, 5) is 0. The predicted octanol–water partition coefficient (Wildman–Crippen LogP) is 4.98. The molecule has 1 saturated heterocycles. The van der Waals surface area contributed by atoms with Gasteiger partial charge in [-0.25, -0.2) is 4.39 Å². The summed E-state index contributed by atoms with van der Waals surface area (Å²) in [6, 6.07) is 19.5. The molecule has 1 fully saturated rings. The molecule has 1 aliphatic heterocycles. The van der Waals surface area contributed by atoms with Gasteiger partial charge in [0.05, 0.1) is 6.10 Å². The van der Waals surface area contributed by atoms with Gasteiger partial charge in [-0.15, -0.1) is 0 Å². The van der Waals surface area contributed by atoms with Gasteiger partial charge in [0.2, 0.25) is 0 Å². The van der Waals surface area contributed by atoms with E-state index in [4.69, 9.17) is 4.74 Å². The summed E-state index contributed by atoms with van der Waals surface area (Å²) >= 11 is 0. The van der Waals surface area contributed by atoms with E-state index in [1.165, 1.54) is 0 Å². The van der Waals surface area contributed by atoms with Crippen LogP contribution in [0.1, 0.15) is 30.4 Å². The molecule has 1 aliphatic rings. The molecule has 0 aliphatic carbocycles. The highest BCUT2D eigenvalue weighted by molar-refractivity contribution is 5.81. The molecule has 0 spiro atoms. The van der Waals surface area contributed by atoms with Gasteiger partial charge in [0.25, 0.3) is 0 Å². The summed E-state index contributed by atoms with van der Waals surface area (Å²) in [6.45, 7) is 0.754. The molecule has 0 amide bonds. The maximum atomic E-state index is 14.9. The van der Waals surface area contributed by atoms with Crippen molar-refractivity contribution in [3.05, 3.63) is 77.6 Å². The molecule has 0 bridgehead atoms. The molecule has 1 nitrogen and oxygen atoms in total. The number of ether oxygens (including phenoxy) is 1. The molecule has 1 unspecified atom stereocenters. The predicted molar refractivity (Wildman–Crippen MR) is 83.6 cm³/mol. The summed E-state index contributed by atoms with van der Waals surface area (Å²) < 4.78 is 20.5. The molecule has 2 heteroatoms. The van der Waals surface area contributed by atoms with Crippen molar-refractivity contribution >= 4 is 5.57 Å². The summed E-state index contributed by atoms with van der Waals surface area (Å²) in [6.07, 6.45) is 2.36. The van der Waals surface area contributed by atoms with E-state index >= 15 is 0 Å². The van der Waals surface area contributed by atoms with Crippen LogP contribution >= 0.6 is 0 Å². The van der Waals surface area contributed by atoms with Gasteiger partial charge >= 0.3 is 0 Å². The van der Waals surface area contributed by atoms with Crippen LogP contribution in [0.4, 0.5) is 4.39 Å². The van der Waals surface area contributed by atoms with E-state index in [0.717, 1.165) is 30.6 Å². The minimum absolute atomic E-state index is 0.0208. The molecule has 0 aromatic heterocycles. The van der Waals surface area contributed by atoms with Crippen LogP contribution in [0.2, 0.25) is 0 Å². The van der Waals surface area contributed by atoms with Crippen molar-refractivity contribution < 1.29 is 9.13 Å². The number of hydrogen-bond donors (Lipinski definition) is 0. The summed E-state index contributed by atoms with van der Waals surface area (Å²) in [5.74, 6) is -0.0840. The van der Waals surface area contributed by atoms with Gasteiger partial charge in [0.1, 0.15) is 5.83 Å². The molecule has 108 valence electrons. The van der Waals surface area contributed by atoms with Crippen LogP contribution in [0.25, 0.3) is 5.57 Å². The van der Waals surface area contributed by atoms with Crippen LogP contribution < -0.4 is 0 Å². The zero-order chi connectivity index (χ0) is 14.5. The fourth-order valence-electron chi connectivity index (χ4n) is 2.80. The largest absolute Gasteiger partial charge is 0.378 e. The summed E-state index contributed by atoms with van der Waals surface area (Å²) in [5.41, 5.74) is 2.52. The topological polar surface area (TPSA) is 9.23 Å². The lowest BCUT2D eigenvalue weighted by Crippen LogP contribution is -2.06. The molecule has 2 aromatic carbocycles. The minimum atomic E-state index is -0.0840. The Morgan fingerprint density at radius 3 is 2.00 bits per heavy atom. The second-order valence-electron chi connectivity index (χ2n) is 5.35. The van der Waals surface area contributed by atoms with E-state index in [1.54, 1.807) is 0 Å². The van der Waals surface area contributed by atoms with E-state index in [9.17, 15) is 4.39 Å². The first kappa shape index (κ1) is 14.0. The van der Waals surface area contributed by atoms with Gasteiger partial charge in [-0.05, 0) is 24.0 Å². The van der Waals surface area contributed by atoms with E-state index in [1.807, 2.05) is 60.7 Å². The Hall–Kier alpha value is -1.93. The monoisotopic (exact) mass is 282 g/mol. The Morgan fingerprint density at radius 2 is 1.52 bits per heavy atom. The van der Waals surface area contributed by atoms with Gasteiger partial charge in [-0.1, -0.05) is 60.7 Å². The number of benzene rings is 2. The number of halogens is 1. The summed E-state index contributed by atoms with van der Waals surface area (Å²) in [7, 11) is 0. The molecule has 0 radical (unpaired) electrons. The second kappa shape index (κ2) is 6.68. The standard InChI is InChI=1S/C19H19FO/c20-18(14-17-12-7-13-21-17)19(15-8-3-1-4-9-15)16-10-5-2-6-11-16/h1-6,8-11,17H,7,12-14H2. The van der Waals surface area contributed by atoms with Crippen molar-refractivity contribution in [2.45, 2.75) is 25.4 Å². The van der Waals surface area contributed by atoms with Crippen LogP contribution in [-0.4, -0.2) is 12.7 Å². The molecular formula is C19H19FO. The van der Waals surface area contributed by atoms with Gasteiger partial charge in [0.15, 0.2) is 0 Å². The van der Waals surface area contributed by atoms with Crippen molar-refractivity contribution in [2.75, 3.05) is 6.61 Å². The highest BCUT2D eigenvalue weighted by atomic mass is 19.1. The van der Waals surface area contributed by atoms with Crippen LogP contribution in [-0.2, 0) is 4.74 Å². The molecule has 0 saturated carbocycles. The number of rotatable bonds is 4. The van der Waals surface area contributed by atoms with Crippen LogP contribution in [0.15, 0.2) is 66.5 Å². The van der Waals surface area contributed by atoms with Gasteiger partial charge in [-0.3, -0.25) is 0 Å². The first-order chi connectivity index (χ1) is 10.3. The van der Waals surface area contributed by atoms with Crippen molar-refractivity contribution in [2.24, 2.45) is 0 Å². The third-order valence-corrected chi connectivity index (χ3v) is 3.83. The van der Waals surface area contributed by atoms with Crippen LogP contribution in [0.3, 0.4) is 0 Å². The zero-order valence-electron chi connectivity index (χ0n) is 12.0. The highest BCUT2D eigenvalue weighted by Gasteiger charge is 2.20. The SMILES string of the molecule is FC(CC1CCCO1)=C(c1ccccc1)c1ccccc1. The Balaban J connectivity index is 1.99. The van der Waals surface area contributed by atoms with Crippen molar-refractivity contribution in [1.82, 2.24) is 0 Å². The molecule has 2 aromatic rings. The first-order valence-electron chi connectivity index (χ1n) is 7.45. The van der Waals surface area contributed by atoms with E-state index < -0.39 is 0 Å². The van der Waals surface area contributed by atoms with E-state index in [0.29, 0.717) is 12.0 Å². The maximum absolute atomic E-state index is 14.9. The molecule has 21 heavy (non-hydrogen) atoms. The van der Waals surface area contributed by atoms with Gasteiger partial charge in [0, 0.05) is 18.6 Å². The van der Waals surface area contributed by atoms with Crippen LogP contribution in [0, 0.1) is 0 Å². The average Bonchev–Trinajstić information content (AvgIpc) is 3.02. The first-order valence-corrected chi connectivity index (χ1v) is 7.45. The molecular weight excluding hydrogens is 263 g/mol. The molecule has 1 atom stereocenters. The molecule has 3 rings (SSSR count). The highest BCUT2D eigenvalue weighted by Crippen LogP contribution is 2.31. The normalized spacial score (nSPS) is 17.7. The minimum Gasteiger partial charge on any atom is -0.378 e. The maximum Gasteiger partial charge on any atom is 0.111 e. The Morgan fingerprint density at radius 1 is 0.952 bits per heavy atom. The average molecular weight is 282 g/mol. The Kier molecular flexibility index (Phi) is 4.46. The van der Waals surface area contributed by atoms with Gasteiger partial charge in [-0.2, -0.15) is 0 Å². The second-order valence-corrected chi connectivity index (χ2v) is 5.35. The number of hydrogen-bond acceptors (Lipinski definition) is 1.